The molecule has 0 aliphatic heterocycles. The van der Waals surface area contributed by atoms with E-state index in [1.807, 2.05) is 61.5 Å². The Labute approximate surface area is 119 Å². The highest BCUT2D eigenvalue weighted by atomic mass is 16.1. The van der Waals surface area contributed by atoms with Gasteiger partial charge in [0, 0.05) is 23.4 Å². The zero-order valence-corrected chi connectivity index (χ0v) is 11.5. The lowest BCUT2D eigenvalue weighted by Gasteiger charge is -2.04. The van der Waals surface area contributed by atoms with Crippen molar-refractivity contribution in [3.05, 3.63) is 65.7 Å². The first-order valence-corrected chi connectivity index (χ1v) is 6.58. The van der Waals surface area contributed by atoms with E-state index < -0.39 is 0 Å². The molecular formula is C17H18N2O. The highest BCUT2D eigenvalue weighted by Crippen LogP contribution is 2.12. The maximum atomic E-state index is 12.0. The maximum Gasteiger partial charge on any atom is 0.168 e. The van der Waals surface area contributed by atoms with Crippen molar-refractivity contribution in [3.63, 3.8) is 0 Å². The van der Waals surface area contributed by atoms with Gasteiger partial charge in [-0.25, -0.2) is 0 Å². The third-order valence-electron chi connectivity index (χ3n) is 3.09. The number of hydrogen-bond acceptors (Lipinski definition) is 3. The van der Waals surface area contributed by atoms with Crippen LogP contribution in [0.3, 0.4) is 0 Å². The first kappa shape index (κ1) is 14.0. The van der Waals surface area contributed by atoms with Crippen LogP contribution in [0.1, 0.15) is 29.3 Å². The summed E-state index contributed by atoms with van der Waals surface area (Å²) in [4.78, 5) is 16.5. The van der Waals surface area contributed by atoms with Crippen LogP contribution in [0, 0.1) is 0 Å². The molecule has 2 rings (SSSR count). The van der Waals surface area contributed by atoms with Crippen molar-refractivity contribution in [2.45, 2.75) is 19.9 Å². The fourth-order valence-electron chi connectivity index (χ4n) is 1.91. The van der Waals surface area contributed by atoms with Gasteiger partial charge in [-0.2, -0.15) is 0 Å². The number of ketones is 1. The van der Waals surface area contributed by atoms with Crippen LogP contribution in [0.2, 0.25) is 0 Å². The largest absolute Gasteiger partial charge is 0.398 e. The van der Waals surface area contributed by atoms with Crippen LogP contribution in [-0.2, 0) is 6.54 Å². The number of rotatable bonds is 5. The van der Waals surface area contributed by atoms with Crippen molar-refractivity contribution in [1.82, 2.24) is 0 Å². The highest BCUT2D eigenvalue weighted by Gasteiger charge is 2.06. The number of nitrogen functional groups attached to an aromatic ring is 1. The molecule has 0 aromatic heterocycles. The van der Waals surface area contributed by atoms with Gasteiger partial charge in [-0.3, -0.25) is 9.79 Å². The summed E-state index contributed by atoms with van der Waals surface area (Å²) in [6.07, 6.45) is 0.344. The van der Waals surface area contributed by atoms with E-state index >= 15 is 0 Å². The Balaban J connectivity index is 1.98. The normalized spacial score (nSPS) is 11.3. The van der Waals surface area contributed by atoms with Gasteiger partial charge >= 0.3 is 0 Å². The van der Waals surface area contributed by atoms with Gasteiger partial charge in [-0.15, -0.1) is 0 Å². The van der Waals surface area contributed by atoms with Gasteiger partial charge in [0.1, 0.15) is 0 Å². The fourth-order valence-corrected chi connectivity index (χ4v) is 1.91. The SMILES string of the molecule is CC(CC(=O)c1ccccc1)=NCc1ccccc1N. The minimum atomic E-state index is 0.0906. The molecule has 0 atom stereocenters. The monoisotopic (exact) mass is 266 g/mol. The van der Waals surface area contributed by atoms with Crippen LogP contribution in [0.4, 0.5) is 5.69 Å². The molecule has 3 heteroatoms. The number of anilines is 1. The molecule has 0 saturated carbocycles. The first-order chi connectivity index (χ1) is 9.66. The third kappa shape index (κ3) is 3.79. The number of nitrogens with zero attached hydrogens (tertiary/aromatic N) is 1. The summed E-state index contributed by atoms with van der Waals surface area (Å²) >= 11 is 0. The smallest absolute Gasteiger partial charge is 0.168 e. The van der Waals surface area contributed by atoms with E-state index in [2.05, 4.69) is 4.99 Å². The summed E-state index contributed by atoms with van der Waals surface area (Å²) in [7, 11) is 0. The number of aliphatic imine (C=N–C) groups is 1. The third-order valence-corrected chi connectivity index (χ3v) is 3.09. The number of hydrogen-bond donors (Lipinski definition) is 1. The van der Waals surface area contributed by atoms with Gasteiger partial charge in [-0.05, 0) is 18.6 Å². The number of nitrogens with two attached hydrogens (primary N) is 1. The van der Waals surface area contributed by atoms with E-state index in [1.165, 1.54) is 0 Å². The Morgan fingerprint density at radius 2 is 1.70 bits per heavy atom. The molecule has 2 aromatic rings. The molecule has 0 aliphatic carbocycles. The van der Waals surface area contributed by atoms with E-state index in [-0.39, 0.29) is 5.78 Å². The second-order valence-electron chi connectivity index (χ2n) is 4.72. The Morgan fingerprint density at radius 1 is 1.05 bits per heavy atom. The lowest BCUT2D eigenvalue weighted by molar-refractivity contribution is 0.100. The molecule has 2 N–H and O–H groups in total. The van der Waals surface area contributed by atoms with Crippen LogP contribution >= 0.6 is 0 Å². The zero-order valence-electron chi connectivity index (χ0n) is 11.5. The summed E-state index contributed by atoms with van der Waals surface area (Å²) < 4.78 is 0. The molecule has 3 nitrogen and oxygen atoms in total. The van der Waals surface area contributed by atoms with Crippen LogP contribution < -0.4 is 5.73 Å². The summed E-state index contributed by atoms with van der Waals surface area (Å²) in [5, 5.41) is 0. The van der Waals surface area contributed by atoms with Gasteiger partial charge in [0.15, 0.2) is 5.78 Å². The second kappa shape index (κ2) is 6.66. The van der Waals surface area contributed by atoms with Gasteiger partial charge in [-0.1, -0.05) is 48.5 Å². The summed E-state index contributed by atoms with van der Waals surface area (Å²) in [5.41, 5.74) is 9.13. The molecule has 0 radical (unpaired) electrons. The van der Waals surface area contributed by atoms with Crippen LogP contribution in [-0.4, -0.2) is 11.5 Å². The predicted molar refractivity (Wildman–Crippen MR) is 83.1 cm³/mol. The van der Waals surface area contributed by atoms with Gasteiger partial charge in [0.25, 0.3) is 0 Å². The van der Waals surface area contributed by atoms with Crippen LogP contribution in [0.25, 0.3) is 0 Å². The maximum absolute atomic E-state index is 12.0. The molecule has 20 heavy (non-hydrogen) atoms. The molecule has 2 aromatic carbocycles. The zero-order chi connectivity index (χ0) is 14.4. The first-order valence-electron chi connectivity index (χ1n) is 6.58. The quantitative estimate of drug-likeness (QED) is 0.511. The van der Waals surface area contributed by atoms with Gasteiger partial charge in [0.05, 0.1) is 6.54 Å². The van der Waals surface area contributed by atoms with E-state index in [0.717, 1.165) is 22.5 Å². The second-order valence-corrected chi connectivity index (χ2v) is 4.72. The topological polar surface area (TPSA) is 55.5 Å². The lowest BCUT2D eigenvalue weighted by Crippen LogP contribution is -2.05. The Hall–Kier alpha value is -2.42. The number of Topliss-reactive ketones (excluding diaryl/α,β-unsaturated/α-hetero) is 1. The number of carbonyl (C=O) groups excluding carboxylic acids is 1. The van der Waals surface area contributed by atoms with Crippen molar-refractivity contribution in [3.8, 4) is 0 Å². The average Bonchev–Trinajstić information content (AvgIpc) is 2.47. The van der Waals surface area contributed by atoms with Crippen LogP contribution in [0.5, 0.6) is 0 Å². The molecule has 0 bridgehead atoms. The van der Waals surface area contributed by atoms with E-state index in [4.69, 9.17) is 5.73 Å². The van der Waals surface area contributed by atoms with Crippen molar-refractivity contribution in [2.75, 3.05) is 5.73 Å². The molecule has 102 valence electrons. The summed E-state index contributed by atoms with van der Waals surface area (Å²) in [6.45, 7) is 2.39. The average molecular weight is 266 g/mol. The van der Waals surface area contributed by atoms with Gasteiger partial charge in [0.2, 0.25) is 0 Å². The number of carbonyl (C=O) groups is 1. The standard InChI is InChI=1S/C17H18N2O/c1-13(11-17(20)14-7-3-2-4-8-14)19-12-15-9-5-6-10-16(15)18/h2-10H,11-12,18H2,1H3. The van der Waals surface area contributed by atoms with E-state index in [9.17, 15) is 4.79 Å². The van der Waals surface area contributed by atoms with E-state index in [0.29, 0.717) is 13.0 Å². The molecule has 0 unspecified atom stereocenters. The highest BCUT2D eigenvalue weighted by molar-refractivity contribution is 6.08. The molecule has 0 heterocycles. The molecular weight excluding hydrogens is 248 g/mol. The predicted octanol–water partition coefficient (Wildman–Crippen LogP) is 3.50. The number of para-hydroxylation sites is 1. The van der Waals surface area contributed by atoms with E-state index in [1.54, 1.807) is 0 Å². The molecule has 0 saturated heterocycles. The Morgan fingerprint density at radius 3 is 2.40 bits per heavy atom. The molecule has 0 fully saturated rings. The minimum Gasteiger partial charge on any atom is -0.398 e. The number of benzene rings is 2. The lowest BCUT2D eigenvalue weighted by atomic mass is 10.1. The van der Waals surface area contributed by atoms with Crippen molar-refractivity contribution >= 4 is 17.2 Å². The molecule has 0 amide bonds. The van der Waals surface area contributed by atoms with Crippen molar-refractivity contribution < 1.29 is 4.79 Å². The van der Waals surface area contributed by atoms with Crippen molar-refractivity contribution in [1.29, 1.82) is 0 Å². The molecule has 0 spiro atoms. The van der Waals surface area contributed by atoms with Crippen LogP contribution in [0.15, 0.2) is 59.6 Å². The Kier molecular flexibility index (Phi) is 4.66. The van der Waals surface area contributed by atoms with Crippen molar-refractivity contribution in [2.24, 2.45) is 4.99 Å². The minimum absolute atomic E-state index is 0.0906. The fraction of sp³-hybridized carbons (Fsp3) is 0.176. The summed E-state index contributed by atoms with van der Waals surface area (Å²) in [5.74, 6) is 0.0906. The molecule has 0 aliphatic rings. The Bertz CT molecular complexity index is 618. The van der Waals surface area contributed by atoms with Gasteiger partial charge < -0.3 is 5.73 Å². The summed E-state index contributed by atoms with van der Waals surface area (Å²) in [6, 6.07) is 16.9.